The van der Waals surface area contributed by atoms with Gasteiger partial charge in [0.05, 0.1) is 11.1 Å². The van der Waals surface area contributed by atoms with Gasteiger partial charge in [-0.3, -0.25) is 14.9 Å². The van der Waals surface area contributed by atoms with Gasteiger partial charge in [-0.15, -0.1) is 11.3 Å². The summed E-state index contributed by atoms with van der Waals surface area (Å²) in [6.45, 7) is 2.07. The second-order valence-electron chi connectivity index (χ2n) is 4.16. The SMILES string of the molecule is CCc1ccc(/C=N/NC(=O)c2ccc([N+](=O)[O-])cc2)s1. The molecule has 7 heteroatoms. The fourth-order valence-electron chi connectivity index (χ4n) is 1.61. The number of nitro benzene ring substituents is 1. The van der Waals surface area contributed by atoms with E-state index in [-0.39, 0.29) is 5.69 Å². The Labute approximate surface area is 125 Å². The van der Waals surface area contributed by atoms with Crippen LogP contribution in [0.25, 0.3) is 0 Å². The molecule has 1 aromatic carbocycles. The van der Waals surface area contributed by atoms with Crippen molar-refractivity contribution in [2.75, 3.05) is 0 Å². The standard InChI is InChI=1S/C14H13N3O3S/c1-2-12-7-8-13(21-12)9-15-16-14(18)10-3-5-11(6-4-10)17(19)20/h3-9H,2H2,1H3,(H,16,18)/b15-9+. The molecule has 1 heterocycles. The van der Waals surface area contributed by atoms with E-state index in [4.69, 9.17) is 0 Å². The predicted octanol–water partition coefficient (Wildman–Crippen LogP) is 2.98. The molecule has 0 fully saturated rings. The van der Waals surface area contributed by atoms with E-state index in [0.717, 1.165) is 11.3 Å². The predicted molar refractivity (Wildman–Crippen MR) is 81.9 cm³/mol. The number of hydrazone groups is 1. The maximum Gasteiger partial charge on any atom is 0.271 e. The van der Waals surface area contributed by atoms with E-state index in [1.807, 2.05) is 12.1 Å². The summed E-state index contributed by atoms with van der Waals surface area (Å²) in [6.07, 6.45) is 2.54. The van der Waals surface area contributed by atoms with Crippen molar-refractivity contribution in [1.29, 1.82) is 0 Å². The first kappa shape index (κ1) is 14.9. The van der Waals surface area contributed by atoms with Crippen LogP contribution >= 0.6 is 11.3 Å². The molecule has 0 saturated heterocycles. The zero-order valence-corrected chi connectivity index (χ0v) is 12.1. The molecule has 0 saturated carbocycles. The second-order valence-corrected chi connectivity index (χ2v) is 5.36. The molecule has 2 rings (SSSR count). The molecule has 1 amide bonds. The van der Waals surface area contributed by atoms with E-state index in [1.54, 1.807) is 17.6 Å². The number of rotatable bonds is 5. The van der Waals surface area contributed by atoms with Gasteiger partial charge in [0.25, 0.3) is 11.6 Å². The van der Waals surface area contributed by atoms with Gasteiger partial charge in [-0.1, -0.05) is 6.92 Å². The third-order valence-corrected chi connectivity index (χ3v) is 3.89. The lowest BCUT2D eigenvalue weighted by atomic mass is 10.2. The first-order chi connectivity index (χ1) is 10.1. The minimum atomic E-state index is -0.512. The van der Waals surface area contributed by atoms with Gasteiger partial charge in [0, 0.05) is 27.5 Å². The van der Waals surface area contributed by atoms with Crippen molar-refractivity contribution in [3.8, 4) is 0 Å². The summed E-state index contributed by atoms with van der Waals surface area (Å²) in [5.74, 6) is -0.409. The van der Waals surface area contributed by atoms with Crippen LogP contribution in [0.2, 0.25) is 0 Å². The molecule has 0 aliphatic rings. The molecule has 1 aromatic heterocycles. The van der Waals surface area contributed by atoms with Crippen LogP contribution in [0.1, 0.15) is 27.0 Å². The third kappa shape index (κ3) is 3.96. The van der Waals surface area contributed by atoms with Crippen LogP contribution in [0.5, 0.6) is 0 Å². The van der Waals surface area contributed by atoms with Gasteiger partial charge in [-0.05, 0) is 30.7 Å². The lowest BCUT2D eigenvalue weighted by molar-refractivity contribution is -0.384. The molecular weight excluding hydrogens is 290 g/mol. The van der Waals surface area contributed by atoms with E-state index < -0.39 is 10.8 Å². The fraction of sp³-hybridized carbons (Fsp3) is 0.143. The Kier molecular flexibility index (Phi) is 4.78. The number of carbonyl (C=O) groups excluding carboxylic acids is 1. The molecule has 108 valence electrons. The molecule has 0 aliphatic heterocycles. The summed E-state index contributed by atoms with van der Waals surface area (Å²) in [7, 11) is 0. The number of nitro groups is 1. The van der Waals surface area contributed by atoms with Crippen molar-refractivity contribution in [1.82, 2.24) is 5.43 Å². The highest BCUT2D eigenvalue weighted by atomic mass is 32.1. The third-order valence-electron chi connectivity index (χ3n) is 2.73. The zero-order chi connectivity index (χ0) is 15.2. The number of benzene rings is 1. The maximum absolute atomic E-state index is 11.8. The lowest BCUT2D eigenvalue weighted by Crippen LogP contribution is -2.17. The van der Waals surface area contributed by atoms with Crippen LogP contribution < -0.4 is 5.43 Å². The molecule has 0 bridgehead atoms. The Morgan fingerprint density at radius 2 is 2.05 bits per heavy atom. The number of amides is 1. The number of carbonyl (C=O) groups is 1. The number of hydrogen-bond acceptors (Lipinski definition) is 5. The van der Waals surface area contributed by atoms with Gasteiger partial charge in [0.2, 0.25) is 0 Å². The van der Waals surface area contributed by atoms with Crippen molar-refractivity contribution in [2.45, 2.75) is 13.3 Å². The molecule has 6 nitrogen and oxygen atoms in total. The van der Waals surface area contributed by atoms with Crippen molar-refractivity contribution >= 4 is 29.1 Å². The van der Waals surface area contributed by atoms with Crippen LogP contribution in [-0.2, 0) is 6.42 Å². The highest BCUT2D eigenvalue weighted by molar-refractivity contribution is 7.13. The molecule has 0 spiro atoms. The summed E-state index contributed by atoms with van der Waals surface area (Å²) < 4.78 is 0. The number of hydrogen-bond donors (Lipinski definition) is 1. The van der Waals surface area contributed by atoms with Crippen molar-refractivity contribution in [2.24, 2.45) is 5.10 Å². The van der Waals surface area contributed by atoms with Crippen LogP contribution in [0.15, 0.2) is 41.5 Å². The molecule has 0 aliphatic carbocycles. The topological polar surface area (TPSA) is 84.6 Å². The molecule has 1 N–H and O–H groups in total. The van der Waals surface area contributed by atoms with Crippen molar-refractivity contribution < 1.29 is 9.72 Å². The van der Waals surface area contributed by atoms with E-state index in [2.05, 4.69) is 17.5 Å². The van der Waals surface area contributed by atoms with Crippen LogP contribution in [0.4, 0.5) is 5.69 Å². The lowest BCUT2D eigenvalue weighted by Gasteiger charge is -1.98. The molecular formula is C14H13N3O3S. The fourth-order valence-corrected chi connectivity index (χ4v) is 2.43. The van der Waals surface area contributed by atoms with E-state index in [0.29, 0.717) is 5.56 Å². The summed E-state index contributed by atoms with van der Waals surface area (Å²) in [5.41, 5.74) is 2.65. The van der Waals surface area contributed by atoms with Crippen LogP contribution in [0.3, 0.4) is 0 Å². The molecule has 21 heavy (non-hydrogen) atoms. The summed E-state index contributed by atoms with van der Waals surface area (Å²) in [6, 6.07) is 9.30. The molecule has 0 unspecified atom stereocenters. The van der Waals surface area contributed by atoms with Crippen LogP contribution in [0, 0.1) is 10.1 Å². The smallest absolute Gasteiger partial charge is 0.267 e. The monoisotopic (exact) mass is 303 g/mol. The van der Waals surface area contributed by atoms with Gasteiger partial charge in [-0.2, -0.15) is 5.10 Å². The maximum atomic E-state index is 11.8. The van der Waals surface area contributed by atoms with Gasteiger partial charge in [0.15, 0.2) is 0 Å². The zero-order valence-electron chi connectivity index (χ0n) is 11.3. The number of non-ortho nitro benzene ring substituents is 1. The van der Waals surface area contributed by atoms with Crippen LogP contribution in [-0.4, -0.2) is 17.0 Å². The van der Waals surface area contributed by atoms with Gasteiger partial charge >= 0.3 is 0 Å². The Morgan fingerprint density at radius 3 is 2.62 bits per heavy atom. The van der Waals surface area contributed by atoms with E-state index >= 15 is 0 Å². The molecule has 2 aromatic rings. The van der Waals surface area contributed by atoms with Gasteiger partial charge < -0.3 is 0 Å². The molecule has 0 radical (unpaired) electrons. The Morgan fingerprint density at radius 1 is 1.33 bits per heavy atom. The first-order valence-electron chi connectivity index (χ1n) is 6.26. The minimum Gasteiger partial charge on any atom is -0.267 e. The summed E-state index contributed by atoms with van der Waals surface area (Å²) in [5, 5.41) is 14.4. The van der Waals surface area contributed by atoms with Crippen molar-refractivity contribution in [3.63, 3.8) is 0 Å². The normalized spacial score (nSPS) is 10.7. The Hall–Kier alpha value is -2.54. The number of aryl methyl sites for hydroxylation is 1. The number of nitrogens with one attached hydrogen (secondary N) is 1. The first-order valence-corrected chi connectivity index (χ1v) is 7.08. The average molecular weight is 303 g/mol. The average Bonchev–Trinajstić information content (AvgIpc) is 2.95. The summed E-state index contributed by atoms with van der Waals surface area (Å²) in [4.78, 5) is 24.0. The van der Waals surface area contributed by atoms with Gasteiger partial charge in [0.1, 0.15) is 0 Å². The highest BCUT2D eigenvalue weighted by Gasteiger charge is 2.08. The molecule has 0 atom stereocenters. The number of thiophene rings is 1. The number of nitrogens with zero attached hydrogens (tertiary/aromatic N) is 2. The Balaban J connectivity index is 1.96. The highest BCUT2D eigenvalue weighted by Crippen LogP contribution is 2.15. The van der Waals surface area contributed by atoms with Crippen molar-refractivity contribution in [3.05, 3.63) is 61.8 Å². The Bertz CT molecular complexity index is 677. The van der Waals surface area contributed by atoms with E-state index in [1.165, 1.54) is 29.1 Å². The van der Waals surface area contributed by atoms with Gasteiger partial charge in [-0.25, -0.2) is 5.43 Å². The minimum absolute atomic E-state index is 0.0549. The van der Waals surface area contributed by atoms with E-state index in [9.17, 15) is 14.9 Å². The summed E-state index contributed by atoms with van der Waals surface area (Å²) >= 11 is 1.61. The second kappa shape index (κ2) is 6.76. The largest absolute Gasteiger partial charge is 0.271 e. The quantitative estimate of drug-likeness (QED) is 0.523.